The largest absolute Gasteiger partial charge is 0.495 e. The van der Waals surface area contributed by atoms with Gasteiger partial charge in [0.05, 0.1) is 18.4 Å². The zero-order valence-electron chi connectivity index (χ0n) is 22.0. The molecule has 3 N–H and O–H groups in total. The lowest BCUT2D eigenvalue weighted by Crippen LogP contribution is -2.47. The van der Waals surface area contributed by atoms with E-state index in [1.165, 1.54) is 0 Å². The highest BCUT2D eigenvalue weighted by atomic mass is 35.5. The van der Waals surface area contributed by atoms with Gasteiger partial charge in [-0.2, -0.15) is 0 Å². The van der Waals surface area contributed by atoms with Gasteiger partial charge < -0.3 is 30.5 Å². The molecule has 3 aromatic carbocycles. The predicted octanol–water partition coefficient (Wildman–Crippen LogP) is 5.71. The van der Waals surface area contributed by atoms with E-state index in [0.717, 1.165) is 43.3 Å². The lowest BCUT2D eigenvalue weighted by molar-refractivity contribution is 0.0949. The fraction of sp³-hybridized carbons (Fsp3) is 0.310. The molecule has 1 saturated heterocycles. The summed E-state index contributed by atoms with van der Waals surface area (Å²) in [6.45, 7) is 7.72. The second-order valence-electron chi connectivity index (χ2n) is 9.57. The molecule has 1 aliphatic heterocycles. The Bertz CT molecular complexity index is 1270. The molecule has 0 bridgehead atoms. The highest BCUT2D eigenvalue weighted by molar-refractivity contribution is 6.30. The van der Waals surface area contributed by atoms with Crippen LogP contribution in [-0.2, 0) is 0 Å². The minimum atomic E-state index is -0.418. The Hall–Kier alpha value is -3.91. The van der Waals surface area contributed by atoms with Gasteiger partial charge in [0.1, 0.15) is 5.75 Å². The highest BCUT2D eigenvalue weighted by Crippen LogP contribution is 2.31. The van der Waals surface area contributed by atoms with E-state index in [4.69, 9.17) is 16.3 Å². The number of carbonyl (C=O) groups excluding carboxylic acids is 2. The molecular formula is C29H34ClN5O3. The van der Waals surface area contributed by atoms with Gasteiger partial charge in [-0.05, 0) is 54.4 Å². The molecule has 3 aromatic rings. The van der Waals surface area contributed by atoms with Crippen molar-refractivity contribution >= 4 is 46.3 Å². The zero-order valence-corrected chi connectivity index (χ0v) is 22.7. The van der Waals surface area contributed by atoms with Gasteiger partial charge in [-0.1, -0.05) is 43.6 Å². The van der Waals surface area contributed by atoms with Crippen molar-refractivity contribution in [1.29, 1.82) is 0 Å². The number of ether oxygens (including phenoxy) is 1. The number of halogens is 1. The van der Waals surface area contributed by atoms with Crippen molar-refractivity contribution in [3.63, 3.8) is 0 Å². The lowest BCUT2D eigenvalue weighted by atomic mass is 10.1. The number of para-hydroxylation sites is 2. The van der Waals surface area contributed by atoms with Crippen LogP contribution in [0.25, 0.3) is 0 Å². The molecule has 4 rings (SSSR count). The first-order valence-electron chi connectivity index (χ1n) is 12.7. The third-order valence-electron chi connectivity index (χ3n) is 6.30. The Morgan fingerprint density at radius 2 is 1.53 bits per heavy atom. The molecule has 1 aliphatic rings. The summed E-state index contributed by atoms with van der Waals surface area (Å²) in [6.07, 6.45) is 0. The van der Waals surface area contributed by atoms with E-state index in [9.17, 15) is 9.59 Å². The van der Waals surface area contributed by atoms with Gasteiger partial charge in [0.15, 0.2) is 0 Å². The average molecular weight is 536 g/mol. The van der Waals surface area contributed by atoms with Crippen LogP contribution >= 0.6 is 11.6 Å². The summed E-state index contributed by atoms with van der Waals surface area (Å²) in [4.78, 5) is 30.4. The number of nitrogens with zero attached hydrogens (tertiary/aromatic N) is 2. The molecule has 0 spiro atoms. The first-order valence-corrected chi connectivity index (χ1v) is 13.1. The molecule has 0 atom stereocenters. The van der Waals surface area contributed by atoms with Gasteiger partial charge in [0.25, 0.3) is 5.91 Å². The Labute approximate surface area is 228 Å². The summed E-state index contributed by atoms with van der Waals surface area (Å²) >= 11 is 6.02. The second kappa shape index (κ2) is 12.6. The maximum absolute atomic E-state index is 13.2. The van der Waals surface area contributed by atoms with E-state index in [0.29, 0.717) is 34.4 Å². The number of hydrogen-bond donors (Lipinski definition) is 3. The molecule has 0 unspecified atom stereocenters. The van der Waals surface area contributed by atoms with Gasteiger partial charge in [-0.3, -0.25) is 4.79 Å². The molecule has 0 aromatic heterocycles. The molecule has 38 heavy (non-hydrogen) atoms. The Kier molecular flexibility index (Phi) is 8.97. The number of rotatable bonds is 8. The Balaban J connectivity index is 1.51. The molecule has 0 radical (unpaired) electrons. The van der Waals surface area contributed by atoms with Crippen LogP contribution < -0.4 is 30.5 Å². The van der Waals surface area contributed by atoms with Gasteiger partial charge in [0.2, 0.25) is 0 Å². The number of methoxy groups -OCH3 is 1. The van der Waals surface area contributed by atoms with Crippen molar-refractivity contribution < 1.29 is 14.3 Å². The molecule has 3 amide bonds. The van der Waals surface area contributed by atoms with Gasteiger partial charge in [0, 0.05) is 54.8 Å². The fourth-order valence-electron chi connectivity index (χ4n) is 4.40. The minimum absolute atomic E-state index is 0.167. The van der Waals surface area contributed by atoms with Crippen LogP contribution in [0.5, 0.6) is 5.75 Å². The lowest BCUT2D eigenvalue weighted by Gasteiger charge is -2.38. The van der Waals surface area contributed by atoms with Crippen molar-refractivity contribution in [3.8, 4) is 5.75 Å². The van der Waals surface area contributed by atoms with E-state index < -0.39 is 6.03 Å². The van der Waals surface area contributed by atoms with Crippen LogP contribution in [0.1, 0.15) is 24.2 Å². The van der Waals surface area contributed by atoms with Crippen LogP contribution in [0.15, 0.2) is 66.7 Å². The van der Waals surface area contributed by atoms with E-state index in [2.05, 4.69) is 45.7 Å². The van der Waals surface area contributed by atoms with E-state index in [1.54, 1.807) is 37.4 Å². The van der Waals surface area contributed by atoms with Crippen LogP contribution in [0, 0.1) is 5.92 Å². The number of hydrogen-bond acceptors (Lipinski definition) is 5. The van der Waals surface area contributed by atoms with Crippen molar-refractivity contribution in [3.05, 3.63) is 77.3 Å². The third kappa shape index (κ3) is 6.89. The zero-order chi connectivity index (χ0) is 27.1. The quantitative estimate of drug-likeness (QED) is 0.344. The predicted molar refractivity (Wildman–Crippen MR) is 155 cm³/mol. The Morgan fingerprint density at radius 3 is 2.18 bits per heavy atom. The number of urea groups is 1. The van der Waals surface area contributed by atoms with Crippen molar-refractivity contribution in [2.24, 2.45) is 5.92 Å². The summed E-state index contributed by atoms with van der Waals surface area (Å²) in [5.41, 5.74) is 3.53. The normalized spacial score (nSPS) is 13.3. The molecule has 8 nitrogen and oxygen atoms in total. The second-order valence-corrected chi connectivity index (χ2v) is 10.0. The first-order chi connectivity index (χ1) is 18.3. The van der Waals surface area contributed by atoms with Crippen LogP contribution in [0.3, 0.4) is 0 Å². The third-order valence-corrected chi connectivity index (χ3v) is 6.53. The first kappa shape index (κ1) is 27.1. The summed E-state index contributed by atoms with van der Waals surface area (Å²) < 4.78 is 5.54. The molecule has 0 aliphatic carbocycles. The van der Waals surface area contributed by atoms with Gasteiger partial charge in [-0.25, -0.2) is 4.79 Å². The van der Waals surface area contributed by atoms with Crippen LogP contribution in [-0.4, -0.2) is 51.8 Å². The van der Waals surface area contributed by atoms with Crippen LogP contribution in [0.2, 0.25) is 5.02 Å². The number of anilines is 4. The number of amides is 3. The molecule has 200 valence electrons. The maximum Gasteiger partial charge on any atom is 0.323 e. The summed E-state index contributed by atoms with van der Waals surface area (Å²) in [6, 6.07) is 20.0. The molecular weight excluding hydrogens is 502 g/mol. The van der Waals surface area contributed by atoms with E-state index in [1.807, 2.05) is 30.3 Å². The van der Waals surface area contributed by atoms with Crippen molar-refractivity contribution in [2.75, 3.05) is 60.3 Å². The fourth-order valence-corrected chi connectivity index (χ4v) is 4.59. The summed E-state index contributed by atoms with van der Waals surface area (Å²) in [5.74, 6) is 0.998. The number of nitrogens with one attached hydrogen (secondary N) is 3. The maximum atomic E-state index is 13.2. The van der Waals surface area contributed by atoms with E-state index in [-0.39, 0.29) is 5.91 Å². The van der Waals surface area contributed by atoms with Crippen LogP contribution in [0.4, 0.5) is 27.5 Å². The smallest absolute Gasteiger partial charge is 0.323 e. The molecule has 1 heterocycles. The number of piperazine rings is 1. The van der Waals surface area contributed by atoms with Gasteiger partial charge in [-0.15, -0.1) is 0 Å². The SMILES string of the molecule is COc1ccccc1N1CCN(c2ccc(NC(=O)Nc3cccc(Cl)c3)cc2C(=O)NCC(C)C)CC1. The monoisotopic (exact) mass is 535 g/mol. The number of carbonyl (C=O) groups is 2. The average Bonchev–Trinajstić information content (AvgIpc) is 2.91. The molecule has 0 saturated carbocycles. The van der Waals surface area contributed by atoms with E-state index >= 15 is 0 Å². The summed E-state index contributed by atoms with van der Waals surface area (Å²) in [7, 11) is 1.68. The molecule has 9 heteroatoms. The summed E-state index contributed by atoms with van der Waals surface area (Å²) in [5, 5.41) is 9.14. The topological polar surface area (TPSA) is 85.9 Å². The standard InChI is InChI=1S/C29H34ClN5O3/c1-20(2)19-31-28(36)24-18-23(33-29(37)32-22-8-6-7-21(30)17-22)11-12-25(24)34-13-15-35(16-14-34)26-9-4-5-10-27(26)38-3/h4-12,17-18,20H,13-16,19H2,1-3H3,(H,31,36)(H2,32,33,37). The molecule has 1 fully saturated rings. The number of benzene rings is 3. The highest BCUT2D eigenvalue weighted by Gasteiger charge is 2.24. The Morgan fingerprint density at radius 1 is 0.868 bits per heavy atom. The minimum Gasteiger partial charge on any atom is -0.495 e. The van der Waals surface area contributed by atoms with Gasteiger partial charge >= 0.3 is 6.03 Å². The van der Waals surface area contributed by atoms with Crippen molar-refractivity contribution in [2.45, 2.75) is 13.8 Å². The van der Waals surface area contributed by atoms with Crippen molar-refractivity contribution in [1.82, 2.24) is 5.32 Å².